The average molecular weight is 461 g/mol. The first kappa shape index (κ1) is 22.8. The predicted octanol–water partition coefficient (Wildman–Crippen LogP) is 7.03. The number of benzene rings is 3. The Kier molecular flexibility index (Phi) is 6.39. The van der Waals surface area contributed by atoms with Gasteiger partial charge in [0.25, 0.3) is 0 Å². The van der Waals surface area contributed by atoms with Crippen molar-refractivity contribution in [2.45, 2.75) is 26.8 Å². The normalized spacial score (nSPS) is 12.3. The summed E-state index contributed by atoms with van der Waals surface area (Å²) >= 11 is 6.34. The number of halogens is 2. The van der Waals surface area contributed by atoms with Crippen molar-refractivity contribution >= 4 is 34.2 Å². The smallest absolute Gasteiger partial charge is 0.224 e. The van der Waals surface area contributed by atoms with E-state index in [9.17, 15) is 4.79 Å². The molecule has 0 saturated heterocycles. The Morgan fingerprint density at radius 1 is 1.03 bits per heavy atom. The van der Waals surface area contributed by atoms with Crippen molar-refractivity contribution in [3.05, 3.63) is 101 Å². The number of nitrogens with two attached hydrogens (primary N) is 1. The topological polar surface area (TPSA) is 48.0 Å². The van der Waals surface area contributed by atoms with Crippen LogP contribution in [0.1, 0.15) is 25.0 Å². The minimum Gasteiger partial charge on any atom is -0.369 e. The Morgan fingerprint density at radius 3 is 2.30 bits per heavy atom. The van der Waals surface area contributed by atoms with E-state index in [0.717, 1.165) is 22.0 Å². The Balaban J connectivity index is 1.98. The zero-order chi connectivity index (χ0) is 23.6. The second-order valence-corrected chi connectivity index (χ2v) is 9.26. The van der Waals surface area contributed by atoms with Crippen LogP contribution in [0.3, 0.4) is 0 Å². The summed E-state index contributed by atoms with van der Waals surface area (Å²) in [5.41, 5.74) is 8.67. The third-order valence-corrected chi connectivity index (χ3v) is 6.13. The third-order valence-electron chi connectivity index (χ3n) is 5.89. The van der Waals surface area contributed by atoms with Crippen LogP contribution in [0.2, 0.25) is 5.02 Å². The second-order valence-electron chi connectivity index (χ2n) is 8.83. The highest BCUT2D eigenvalue weighted by atomic mass is 35.5. The molecule has 168 valence electrons. The van der Waals surface area contributed by atoms with E-state index in [-0.39, 0.29) is 12.4 Å². The minimum absolute atomic E-state index is 0.287. The van der Waals surface area contributed by atoms with Gasteiger partial charge in [-0.2, -0.15) is 0 Å². The van der Waals surface area contributed by atoms with E-state index >= 15 is 4.39 Å². The number of allylic oxidation sites excluding steroid dienone is 1. The highest BCUT2D eigenvalue weighted by Gasteiger charge is 2.30. The number of carbonyl (C=O) groups excluding carboxylic acids is 1. The fraction of sp³-hybridized carbons (Fsp3) is 0.179. The van der Waals surface area contributed by atoms with Gasteiger partial charge in [0, 0.05) is 22.5 Å². The van der Waals surface area contributed by atoms with E-state index in [0.29, 0.717) is 22.7 Å². The molecule has 0 atom stereocenters. The van der Waals surface area contributed by atoms with Crippen molar-refractivity contribution in [1.29, 1.82) is 0 Å². The molecule has 3 aromatic carbocycles. The van der Waals surface area contributed by atoms with Crippen molar-refractivity contribution < 1.29 is 9.18 Å². The fourth-order valence-electron chi connectivity index (χ4n) is 4.02. The Bertz CT molecular complexity index is 1320. The highest BCUT2D eigenvalue weighted by molar-refractivity contribution is 6.31. The number of aromatic nitrogens is 1. The Labute approximate surface area is 198 Å². The van der Waals surface area contributed by atoms with Gasteiger partial charge in [-0.1, -0.05) is 78.3 Å². The fourth-order valence-corrected chi connectivity index (χ4v) is 4.19. The van der Waals surface area contributed by atoms with Gasteiger partial charge < -0.3 is 10.3 Å². The van der Waals surface area contributed by atoms with Crippen LogP contribution in [0.25, 0.3) is 28.0 Å². The predicted molar refractivity (Wildman–Crippen MR) is 135 cm³/mol. The van der Waals surface area contributed by atoms with Gasteiger partial charge in [-0.05, 0) is 49.6 Å². The summed E-state index contributed by atoms with van der Waals surface area (Å²) in [7, 11) is 0. The zero-order valence-electron chi connectivity index (χ0n) is 18.7. The van der Waals surface area contributed by atoms with Crippen LogP contribution in [0.4, 0.5) is 4.39 Å². The molecule has 0 aliphatic rings. The standard InChI is InChI=1S/C28H26ClFN2O/c1-28(2,27(31)33)18-32-24-17-21(29)14-15-22(24)25(26(32)20-11-7-4-8-12-20)23(30)16-13-19-9-5-3-6-10-19/h3-12,14-17H,13,18H2,1-2H3,(H2,31,33)/b23-16-. The van der Waals surface area contributed by atoms with Crippen molar-refractivity contribution in [2.24, 2.45) is 11.1 Å². The largest absolute Gasteiger partial charge is 0.369 e. The number of hydrogen-bond acceptors (Lipinski definition) is 1. The first-order valence-electron chi connectivity index (χ1n) is 10.8. The molecule has 5 heteroatoms. The molecular formula is C28H26ClFN2O. The van der Waals surface area contributed by atoms with Gasteiger partial charge in [0.2, 0.25) is 5.91 Å². The second kappa shape index (κ2) is 9.24. The Morgan fingerprint density at radius 2 is 1.67 bits per heavy atom. The van der Waals surface area contributed by atoms with Crippen molar-refractivity contribution in [2.75, 3.05) is 0 Å². The molecule has 1 amide bonds. The lowest BCUT2D eigenvalue weighted by molar-refractivity contribution is -0.126. The van der Waals surface area contributed by atoms with Gasteiger partial charge in [-0.3, -0.25) is 4.79 Å². The van der Waals surface area contributed by atoms with Crippen LogP contribution in [0.15, 0.2) is 84.9 Å². The number of rotatable bonds is 7. The molecule has 0 fully saturated rings. The molecule has 0 saturated carbocycles. The van der Waals surface area contributed by atoms with Gasteiger partial charge in [0.05, 0.1) is 16.6 Å². The van der Waals surface area contributed by atoms with Crippen LogP contribution < -0.4 is 5.73 Å². The van der Waals surface area contributed by atoms with Gasteiger partial charge in [0.15, 0.2) is 0 Å². The van der Waals surface area contributed by atoms with Gasteiger partial charge in [-0.25, -0.2) is 4.39 Å². The van der Waals surface area contributed by atoms with E-state index < -0.39 is 11.3 Å². The van der Waals surface area contributed by atoms with Crippen LogP contribution in [0, 0.1) is 5.41 Å². The summed E-state index contributed by atoms with van der Waals surface area (Å²) in [5.74, 6) is -0.743. The summed E-state index contributed by atoms with van der Waals surface area (Å²) in [4.78, 5) is 12.2. The maximum Gasteiger partial charge on any atom is 0.224 e. The molecule has 0 unspecified atom stereocenters. The molecule has 4 rings (SSSR count). The molecule has 2 N–H and O–H groups in total. The van der Waals surface area contributed by atoms with Crippen molar-refractivity contribution in [1.82, 2.24) is 4.57 Å². The molecule has 0 radical (unpaired) electrons. The van der Waals surface area contributed by atoms with Gasteiger partial charge in [0.1, 0.15) is 5.83 Å². The number of nitrogens with zero attached hydrogens (tertiary/aromatic N) is 1. The quantitative estimate of drug-likeness (QED) is 0.316. The molecule has 3 nitrogen and oxygen atoms in total. The minimum atomic E-state index is -0.848. The molecule has 0 bridgehead atoms. The lowest BCUT2D eigenvalue weighted by atomic mass is 9.92. The first-order chi connectivity index (χ1) is 15.8. The summed E-state index contributed by atoms with van der Waals surface area (Å²) in [5, 5.41) is 1.28. The lowest BCUT2D eigenvalue weighted by Gasteiger charge is -2.24. The summed E-state index contributed by atoms with van der Waals surface area (Å²) in [6.07, 6.45) is 2.07. The number of carbonyl (C=O) groups is 1. The number of primary amides is 1. The average Bonchev–Trinajstić information content (AvgIpc) is 3.11. The van der Waals surface area contributed by atoms with Crippen molar-refractivity contribution in [3.63, 3.8) is 0 Å². The van der Waals surface area contributed by atoms with E-state index in [1.807, 2.05) is 77.4 Å². The van der Waals surface area contributed by atoms with Gasteiger partial charge in [-0.15, -0.1) is 0 Å². The molecule has 4 aromatic rings. The third kappa shape index (κ3) is 4.71. The molecule has 1 heterocycles. The maximum absolute atomic E-state index is 15.9. The first-order valence-corrected chi connectivity index (χ1v) is 11.2. The molecule has 0 aliphatic heterocycles. The number of amides is 1. The van der Waals surface area contributed by atoms with Crippen LogP contribution in [-0.2, 0) is 17.8 Å². The van der Waals surface area contributed by atoms with E-state index in [1.54, 1.807) is 26.0 Å². The Hall–Kier alpha value is -3.37. The molecule has 0 spiro atoms. The highest BCUT2D eigenvalue weighted by Crippen LogP contribution is 2.41. The molecule has 33 heavy (non-hydrogen) atoms. The van der Waals surface area contributed by atoms with E-state index in [1.165, 1.54) is 0 Å². The summed E-state index contributed by atoms with van der Waals surface area (Å²) < 4.78 is 17.9. The van der Waals surface area contributed by atoms with Gasteiger partial charge >= 0.3 is 0 Å². The maximum atomic E-state index is 15.9. The molecular weight excluding hydrogens is 435 g/mol. The van der Waals surface area contributed by atoms with Crippen LogP contribution >= 0.6 is 11.6 Å². The van der Waals surface area contributed by atoms with E-state index in [2.05, 4.69) is 0 Å². The van der Waals surface area contributed by atoms with E-state index in [4.69, 9.17) is 17.3 Å². The van der Waals surface area contributed by atoms with Crippen LogP contribution in [-0.4, -0.2) is 10.5 Å². The number of hydrogen-bond donors (Lipinski definition) is 1. The van der Waals surface area contributed by atoms with Crippen molar-refractivity contribution in [3.8, 4) is 11.3 Å². The lowest BCUT2D eigenvalue weighted by Crippen LogP contribution is -2.35. The summed E-state index contributed by atoms with van der Waals surface area (Å²) in [6, 6.07) is 24.8. The molecule has 1 aromatic heterocycles. The van der Waals surface area contributed by atoms with Crippen LogP contribution in [0.5, 0.6) is 0 Å². The monoisotopic (exact) mass is 460 g/mol. The summed E-state index contributed by atoms with van der Waals surface area (Å²) in [6.45, 7) is 3.87. The zero-order valence-corrected chi connectivity index (χ0v) is 19.4. The molecule has 0 aliphatic carbocycles. The SMILES string of the molecule is CC(C)(Cn1c(-c2ccccc2)c(/C(F)=C/Cc2ccccc2)c2ccc(Cl)cc21)C(N)=O. The number of fused-ring (bicyclic) bond motifs is 1.